The van der Waals surface area contributed by atoms with Gasteiger partial charge in [0.1, 0.15) is 0 Å². The van der Waals surface area contributed by atoms with Gasteiger partial charge in [-0.1, -0.05) is 0 Å². The van der Waals surface area contributed by atoms with Crippen LogP contribution in [0.4, 0.5) is 4.79 Å². The fourth-order valence-electron chi connectivity index (χ4n) is 2.05. The van der Waals surface area contributed by atoms with E-state index in [0.29, 0.717) is 18.7 Å². The molecule has 1 aliphatic carbocycles. The zero-order chi connectivity index (χ0) is 12.1. The molecule has 0 spiro atoms. The van der Waals surface area contributed by atoms with E-state index in [9.17, 15) is 4.79 Å². The molecule has 0 unspecified atom stereocenters. The van der Waals surface area contributed by atoms with Crippen molar-refractivity contribution >= 4 is 6.03 Å². The number of hydrogen-bond acceptors (Lipinski definition) is 3. The number of urea groups is 1. The SMILES string of the molecule is NCCCOC1CCN(C(=O)NC2CC2)CC1. The van der Waals surface area contributed by atoms with Gasteiger partial charge in [-0.25, -0.2) is 4.79 Å². The average Bonchev–Trinajstić information content (AvgIpc) is 3.14. The molecule has 1 aliphatic heterocycles. The minimum atomic E-state index is 0.105. The molecule has 17 heavy (non-hydrogen) atoms. The molecule has 0 radical (unpaired) electrons. The molecule has 2 amide bonds. The van der Waals surface area contributed by atoms with Gasteiger partial charge in [0.15, 0.2) is 0 Å². The van der Waals surface area contributed by atoms with Gasteiger partial charge in [-0.2, -0.15) is 0 Å². The predicted octanol–water partition coefficient (Wildman–Crippen LogP) is 0.688. The first kappa shape index (κ1) is 12.6. The minimum Gasteiger partial charge on any atom is -0.378 e. The van der Waals surface area contributed by atoms with E-state index in [1.807, 2.05) is 4.90 Å². The smallest absolute Gasteiger partial charge is 0.317 e. The molecule has 0 aromatic rings. The van der Waals surface area contributed by atoms with Gasteiger partial charge >= 0.3 is 6.03 Å². The van der Waals surface area contributed by atoms with Crippen molar-refractivity contribution in [3.8, 4) is 0 Å². The first-order chi connectivity index (χ1) is 8.29. The zero-order valence-electron chi connectivity index (χ0n) is 10.4. The summed E-state index contributed by atoms with van der Waals surface area (Å²) in [7, 11) is 0. The molecule has 1 saturated heterocycles. The Morgan fingerprint density at radius 2 is 2.00 bits per heavy atom. The van der Waals surface area contributed by atoms with Crippen molar-refractivity contribution in [2.45, 2.75) is 44.2 Å². The summed E-state index contributed by atoms with van der Waals surface area (Å²) in [6.45, 7) is 3.05. The van der Waals surface area contributed by atoms with Gasteiger partial charge in [-0.3, -0.25) is 0 Å². The molecule has 0 aromatic heterocycles. The number of rotatable bonds is 5. The Hall–Kier alpha value is -0.810. The Morgan fingerprint density at radius 1 is 1.29 bits per heavy atom. The summed E-state index contributed by atoms with van der Waals surface area (Å²) in [5, 5.41) is 3.02. The summed E-state index contributed by atoms with van der Waals surface area (Å²) in [6.07, 6.45) is 5.41. The normalized spacial score (nSPS) is 21.6. The highest BCUT2D eigenvalue weighted by Gasteiger charge is 2.28. The van der Waals surface area contributed by atoms with Gasteiger partial charge in [-0.05, 0) is 38.6 Å². The van der Waals surface area contributed by atoms with Crippen LogP contribution < -0.4 is 11.1 Å². The lowest BCUT2D eigenvalue weighted by atomic mass is 10.1. The maximum absolute atomic E-state index is 11.8. The van der Waals surface area contributed by atoms with Crippen LogP contribution in [0, 0.1) is 0 Å². The van der Waals surface area contributed by atoms with Crippen LogP contribution in [0.15, 0.2) is 0 Å². The second kappa shape index (κ2) is 6.21. The van der Waals surface area contributed by atoms with Crippen molar-refractivity contribution in [3.63, 3.8) is 0 Å². The monoisotopic (exact) mass is 241 g/mol. The molecule has 2 fully saturated rings. The summed E-state index contributed by atoms with van der Waals surface area (Å²) in [6, 6.07) is 0.550. The van der Waals surface area contributed by atoms with E-state index in [2.05, 4.69) is 5.32 Å². The van der Waals surface area contributed by atoms with Gasteiger partial charge in [0, 0.05) is 25.7 Å². The molecule has 2 rings (SSSR count). The van der Waals surface area contributed by atoms with E-state index in [4.69, 9.17) is 10.5 Å². The summed E-state index contributed by atoms with van der Waals surface area (Å²) < 4.78 is 5.71. The number of piperidine rings is 1. The Balaban J connectivity index is 1.61. The molecule has 2 aliphatic rings. The van der Waals surface area contributed by atoms with E-state index in [1.54, 1.807) is 0 Å². The van der Waals surface area contributed by atoms with Gasteiger partial charge in [0.05, 0.1) is 6.10 Å². The summed E-state index contributed by atoms with van der Waals surface area (Å²) in [5.74, 6) is 0. The Labute approximate surface area is 103 Å². The maximum atomic E-state index is 11.8. The van der Waals surface area contributed by atoms with E-state index in [0.717, 1.165) is 51.8 Å². The number of nitrogens with two attached hydrogens (primary N) is 1. The maximum Gasteiger partial charge on any atom is 0.317 e. The first-order valence-corrected chi connectivity index (χ1v) is 6.66. The second-order valence-corrected chi connectivity index (χ2v) is 4.92. The fraction of sp³-hybridized carbons (Fsp3) is 0.917. The van der Waals surface area contributed by atoms with Crippen molar-refractivity contribution in [2.75, 3.05) is 26.2 Å². The van der Waals surface area contributed by atoms with Crippen molar-refractivity contribution in [1.82, 2.24) is 10.2 Å². The second-order valence-electron chi connectivity index (χ2n) is 4.92. The molecule has 0 aromatic carbocycles. The van der Waals surface area contributed by atoms with E-state index in [-0.39, 0.29) is 6.03 Å². The molecule has 1 heterocycles. The van der Waals surface area contributed by atoms with Crippen LogP contribution in [-0.2, 0) is 4.74 Å². The fourth-order valence-corrected chi connectivity index (χ4v) is 2.05. The molecule has 0 atom stereocenters. The van der Waals surface area contributed by atoms with Crippen molar-refractivity contribution in [2.24, 2.45) is 5.73 Å². The predicted molar refractivity (Wildman–Crippen MR) is 65.8 cm³/mol. The first-order valence-electron chi connectivity index (χ1n) is 6.66. The lowest BCUT2D eigenvalue weighted by molar-refractivity contribution is 0.0145. The molecule has 3 N–H and O–H groups in total. The number of carbonyl (C=O) groups excluding carboxylic acids is 1. The van der Waals surface area contributed by atoms with Gasteiger partial charge < -0.3 is 20.7 Å². The third-order valence-electron chi connectivity index (χ3n) is 3.34. The van der Waals surface area contributed by atoms with Gasteiger partial charge in [0.2, 0.25) is 0 Å². The summed E-state index contributed by atoms with van der Waals surface area (Å²) >= 11 is 0. The summed E-state index contributed by atoms with van der Waals surface area (Å²) in [4.78, 5) is 13.7. The number of carbonyl (C=O) groups is 1. The largest absolute Gasteiger partial charge is 0.378 e. The highest BCUT2D eigenvalue weighted by atomic mass is 16.5. The van der Waals surface area contributed by atoms with Gasteiger partial charge in [0.25, 0.3) is 0 Å². The van der Waals surface area contributed by atoms with Crippen molar-refractivity contribution < 1.29 is 9.53 Å². The minimum absolute atomic E-state index is 0.105. The lowest BCUT2D eigenvalue weighted by Crippen LogP contribution is -2.46. The molecular formula is C12H23N3O2. The number of hydrogen-bond donors (Lipinski definition) is 2. The Kier molecular flexibility index (Phi) is 4.62. The highest BCUT2D eigenvalue weighted by Crippen LogP contribution is 2.20. The molecule has 0 bridgehead atoms. The number of likely N-dealkylation sites (tertiary alicyclic amines) is 1. The Morgan fingerprint density at radius 3 is 2.59 bits per heavy atom. The molecule has 5 nitrogen and oxygen atoms in total. The van der Waals surface area contributed by atoms with E-state index in [1.165, 1.54) is 0 Å². The molecule has 98 valence electrons. The third kappa shape index (κ3) is 4.16. The van der Waals surface area contributed by atoms with E-state index >= 15 is 0 Å². The quantitative estimate of drug-likeness (QED) is 0.696. The number of amides is 2. The molecular weight excluding hydrogens is 218 g/mol. The van der Waals surface area contributed by atoms with Gasteiger partial charge in [-0.15, -0.1) is 0 Å². The number of nitrogens with zero attached hydrogens (tertiary/aromatic N) is 1. The third-order valence-corrected chi connectivity index (χ3v) is 3.34. The number of ether oxygens (including phenoxy) is 1. The van der Waals surface area contributed by atoms with Crippen molar-refractivity contribution in [1.29, 1.82) is 0 Å². The van der Waals surface area contributed by atoms with Crippen LogP contribution in [0.1, 0.15) is 32.1 Å². The lowest BCUT2D eigenvalue weighted by Gasteiger charge is -2.32. The van der Waals surface area contributed by atoms with Crippen LogP contribution in [0.3, 0.4) is 0 Å². The average molecular weight is 241 g/mol. The Bertz CT molecular complexity index is 248. The van der Waals surface area contributed by atoms with Crippen LogP contribution in [0.2, 0.25) is 0 Å². The van der Waals surface area contributed by atoms with Crippen molar-refractivity contribution in [3.05, 3.63) is 0 Å². The summed E-state index contributed by atoms with van der Waals surface area (Å²) in [5.41, 5.74) is 5.42. The van der Waals surface area contributed by atoms with Crippen LogP contribution in [0.5, 0.6) is 0 Å². The zero-order valence-corrected chi connectivity index (χ0v) is 10.4. The van der Waals surface area contributed by atoms with Crippen LogP contribution >= 0.6 is 0 Å². The van der Waals surface area contributed by atoms with Crippen LogP contribution in [-0.4, -0.2) is 49.3 Å². The molecule has 5 heteroatoms. The molecule has 1 saturated carbocycles. The van der Waals surface area contributed by atoms with E-state index < -0.39 is 0 Å². The van der Waals surface area contributed by atoms with Crippen LogP contribution in [0.25, 0.3) is 0 Å². The topological polar surface area (TPSA) is 67.6 Å². The standard InChI is InChI=1S/C12H23N3O2/c13-6-1-9-17-11-4-7-15(8-5-11)12(16)14-10-2-3-10/h10-11H,1-9,13H2,(H,14,16). The number of nitrogens with one attached hydrogen (secondary N) is 1. The highest BCUT2D eigenvalue weighted by molar-refractivity contribution is 5.74.